The Kier molecular flexibility index (Phi) is 9.79. The number of likely N-dealkylation sites (tertiary alicyclic amines) is 1. The van der Waals surface area contributed by atoms with Crippen molar-refractivity contribution in [3.8, 4) is 28.3 Å². The average molecular weight is 703 g/mol. The molecule has 12 heteroatoms. The van der Waals surface area contributed by atoms with Crippen molar-refractivity contribution in [2.75, 3.05) is 32.1 Å². The predicted octanol–water partition coefficient (Wildman–Crippen LogP) is 7.75. The van der Waals surface area contributed by atoms with E-state index in [1.807, 2.05) is 55.5 Å². The molecule has 0 bridgehead atoms. The Balaban J connectivity index is 1.14. The second-order valence-electron chi connectivity index (χ2n) is 12.3. The van der Waals surface area contributed by atoms with Gasteiger partial charge in [0.15, 0.2) is 5.82 Å². The number of aryl methyl sites for hydroxylation is 1. The lowest BCUT2D eigenvalue weighted by molar-refractivity contribution is -0.119. The standard InChI is InChI=1S/C36H37Cl2N7O2S/c1-21-17-28(43-36(47-2)26(21)19-39-18-22-11-12-30(46)41-22)25-9-5-7-23(32(25)37)24-8-6-10-27(33(24)38)42-35-34-29(13-14-40-35)48-31(44-34)20-45-15-3-4-16-45/h5-10,13-14,17,22,39H,3-4,11-12,15-16,18-20H2,1-2H3,(H,40,42)(H,41,46). The van der Waals surface area contributed by atoms with Gasteiger partial charge < -0.3 is 20.7 Å². The number of amides is 1. The van der Waals surface area contributed by atoms with E-state index in [1.165, 1.54) is 12.8 Å². The summed E-state index contributed by atoms with van der Waals surface area (Å²) in [6, 6.07) is 15.9. The SMILES string of the molecule is COc1nc(-c2cccc(-c3cccc(Nc4nccc5sc(CN6CCCC6)nc45)c3Cl)c2Cl)cc(C)c1CNCC1CCC(=O)N1. The molecule has 5 aromatic rings. The molecule has 5 heterocycles. The summed E-state index contributed by atoms with van der Waals surface area (Å²) in [5.41, 5.74) is 6.61. The molecule has 248 valence electrons. The Morgan fingerprint density at radius 2 is 1.81 bits per heavy atom. The third-order valence-electron chi connectivity index (χ3n) is 9.01. The normalized spacial score (nSPS) is 16.5. The minimum absolute atomic E-state index is 0.108. The van der Waals surface area contributed by atoms with Gasteiger partial charge in [0.1, 0.15) is 10.5 Å². The molecule has 2 aliphatic heterocycles. The number of methoxy groups -OCH3 is 1. The molecule has 2 saturated heterocycles. The third kappa shape index (κ3) is 6.86. The highest BCUT2D eigenvalue weighted by atomic mass is 35.5. The molecule has 0 radical (unpaired) electrons. The fourth-order valence-corrected chi connectivity index (χ4v) is 8.09. The number of pyridine rings is 2. The first-order valence-corrected chi connectivity index (χ1v) is 17.8. The summed E-state index contributed by atoms with van der Waals surface area (Å²) >= 11 is 15.9. The Morgan fingerprint density at radius 1 is 1.04 bits per heavy atom. The number of fused-ring (bicyclic) bond motifs is 1. The first-order valence-electron chi connectivity index (χ1n) is 16.2. The van der Waals surface area contributed by atoms with Crippen LogP contribution in [0.25, 0.3) is 32.6 Å². The van der Waals surface area contributed by atoms with E-state index in [2.05, 4.69) is 25.8 Å². The maximum atomic E-state index is 11.6. The van der Waals surface area contributed by atoms with Gasteiger partial charge in [-0.15, -0.1) is 11.3 Å². The van der Waals surface area contributed by atoms with E-state index in [4.69, 9.17) is 37.9 Å². The summed E-state index contributed by atoms with van der Waals surface area (Å²) in [4.78, 5) is 28.5. The van der Waals surface area contributed by atoms with Gasteiger partial charge in [0.25, 0.3) is 0 Å². The van der Waals surface area contributed by atoms with Crippen molar-refractivity contribution < 1.29 is 9.53 Å². The van der Waals surface area contributed by atoms with Gasteiger partial charge in [-0.05, 0) is 63.0 Å². The molecule has 0 spiro atoms. The van der Waals surface area contributed by atoms with Crippen molar-refractivity contribution in [2.45, 2.75) is 51.7 Å². The summed E-state index contributed by atoms with van der Waals surface area (Å²) < 4.78 is 6.82. The van der Waals surface area contributed by atoms with Crippen LogP contribution in [0.1, 0.15) is 41.8 Å². The molecule has 2 fully saturated rings. The van der Waals surface area contributed by atoms with Crippen molar-refractivity contribution in [1.29, 1.82) is 0 Å². The number of aromatic nitrogens is 3. The highest BCUT2D eigenvalue weighted by molar-refractivity contribution is 7.18. The molecule has 1 atom stereocenters. The number of rotatable bonds is 11. The second-order valence-corrected chi connectivity index (χ2v) is 14.2. The van der Waals surface area contributed by atoms with Crippen LogP contribution in [-0.4, -0.2) is 58.5 Å². The number of carbonyl (C=O) groups is 1. The maximum absolute atomic E-state index is 11.6. The maximum Gasteiger partial charge on any atom is 0.220 e. The third-order valence-corrected chi connectivity index (χ3v) is 10.8. The second kappa shape index (κ2) is 14.4. The highest BCUT2D eigenvalue weighted by Crippen LogP contribution is 2.42. The minimum Gasteiger partial charge on any atom is -0.481 e. The Labute approximate surface area is 294 Å². The van der Waals surface area contributed by atoms with E-state index in [1.54, 1.807) is 24.6 Å². The molecule has 1 unspecified atom stereocenters. The predicted molar refractivity (Wildman–Crippen MR) is 194 cm³/mol. The largest absolute Gasteiger partial charge is 0.481 e. The zero-order valence-electron chi connectivity index (χ0n) is 26.9. The molecule has 9 nitrogen and oxygen atoms in total. The Bertz CT molecular complexity index is 1980. The van der Waals surface area contributed by atoms with Gasteiger partial charge in [-0.3, -0.25) is 9.69 Å². The molecule has 0 saturated carbocycles. The van der Waals surface area contributed by atoms with Crippen molar-refractivity contribution in [3.05, 3.63) is 80.9 Å². The van der Waals surface area contributed by atoms with Gasteiger partial charge in [0, 0.05) is 54.0 Å². The van der Waals surface area contributed by atoms with Crippen molar-refractivity contribution in [2.24, 2.45) is 0 Å². The average Bonchev–Trinajstić information content (AvgIpc) is 3.85. The molecule has 3 N–H and O–H groups in total. The summed E-state index contributed by atoms with van der Waals surface area (Å²) in [6.07, 6.45) is 5.73. The van der Waals surface area contributed by atoms with E-state index in [-0.39, 0.29) is 11.9 Å². The fraction of sp³-hybridized carbons (Fsp3) is 0.333. The van der Waals surface area contributed by atoms with Crippen LogP contribution in [0.15, 0.2) is 54.7 Å². The van der Waals surface area contributed by atoms with E-state index in [9.17, 15) is 4.79 Å². The van der Waals surface area contributed by atoms with Gasteiger partial charge in [-0.2, -0.15) is 0 Å². The molecule has 0 aliphatic carbocycles. The van der Waals surface area contributed by atoms with Crippen LogP contribution in [0.3, 0.4) is 0 Å². The fourth-order valence-electron chi connectivity index (χ4n) is 6.49. The van der Waals surface area contributed by atoms with Crippen LogP contribution in [0.4, 0.5) is 11.5 Å². The van der Waals surface area contributed by atoms with Crippen LogP contribution in [-0.2, 0) is 17.9 Å². The summed E-state index contributed by atoms with van der Waals surface area (Å²) in [6.45, 7) is 6.42. The van der Waals surface area contributed by atoms with Gasteiger partial charge >= 0.3 is 0 Å². The molecule has 48 heavy (non-hydrogen) atoms. The smallest absolute Gasteiger partial charge is 0.220 e. The number of hydrogen-bond acceptors (Lipinski definition) is 9. The lowest BCUT2D eigenvalue weighted by Gasteiger charge is -2.17. The number of nitrogens with zero attached hydrogens (tertiary/aromatic N) is 4. The van der Waals surface area contributed by atoms with E-state index >= 15 is 0 Å². The summed E-state index contributed by atoms with van der Waals surface area (Å²) in [7, 11) is 1.62. The molecule has 2 aromatic carbocycles. The number of carbonyl (C=O) groups excluding carboxylic acids is 1. The van der Waals surface area contributed by atoms with Crippen molar-refractivity contribution >= 4 is 62.2 Å². The van der Waals surface area contributed by atoms with Crippen LogP contribution in [0.2, 0.25) is 10.0 Å². The molecule has 7 rings (SSSR count). The molecule has 3 aromatic heterocycles. The quantitative estimate of drug-likeness (QED) is 0.128. The van der Waals surface area contributed by atoms with Gasteiger partial charge in [-0.1, -0.05) is 53.5 Å². The van der Waals surface area contributed by atoms with E-state index in [0.29, 0.717) is 46.9 Å². The minimum atomic E-state index is 0.108. The summed E-state index contributed by atoms with van der Waals surface area (Å²) in [5, 5.41) is 12.1. The number of nitrogens with one attached hydrogen (secondary N) is 3. The van der Waals surface area contributed by atoms with Crippen LogP contribution in [0.5, 0.6) is 5.88 Å². The van der Waals surface area contributed by atoms with E-state index < -0.39 is 0 Å². The summed E-state index contributed by atoms with van der Waals surface area (Å²) in [5.74, 6) is 1.31. The van der Waals surface area contributed by atoms with Crippen LogP contribution >= 0.6 is 34.5 Å². The van der Waals surface area contributed by atoms with Gasteiger partial charge in [-0.25, -0.2) is 15.0 Å². The van der Waals surface area contributed by atoms with Crippen molar-refractivity contribution in [3.63, 3.8) is 0 Å². The lowest BCUT2D eigenvalue weighted by atomic mass is 9.99. The topological polar surface area (TPSA) is 104 Å². The molecule has 1 amide bonds. The number of halogens is 2. The molecule has 2 aliphatic rings. The number of thiazole rings is 1. The first-order chi connectivity index (χ1) is 23.4. The van der Waals surface area contributed by atoms with Gasteiger partial charge in [0.05, 0.1) is 39.8 Å². The number of ether oxygens (including phenoxy) is 1. The molecular weight excluding hydrogens is 665 g/mol. The number of benzene rings is 2. The van der Waals surface area contributed by atoms with Crippen LogP contribution < -0.4 is 20.7 Å². The zero-order valence-corrected chi connectivity index (χ0v) is 29.2. The zero-order chi connectivity index (χ0) is 33.2. The highest BCUT2D eigenvalue weighted by Gasteiger charge is 2.22. The van der Waals surface area contributed by atoms with Gasteiger partial charge in [0.2, 0.25) is 11.8 Å². The number of anilines is 2. The van der Waals surface area contributed by atoms with E-state index in [0.717, 1.165) is 74.8 Å². The van der Waals surface area contributed by atoms with Crippen LogP contribution in [0, 0.1) is 6.92 Å². The van der Waals surface area contributed by atoms with Crippen molar-refractivity contribution in [1.82, 2.24) is 30.5 Å². The first kappa shape index (κ1) is 32.7. The monoisotopic (exact) mass is 701 g/mol. The lowest BCUT2D eigenvalue weighted by Crippen LogP contribution is -2.35. The molecular formula is C36H37Cl2N7O2S. The number of hydrogen-bond donors (Lipinski definition) is 3. The Hall–Kier alpha value is -3.80. The Morgan fingerprint density at radius 3 is 2.58 bits per heavy atom.